The summed E-state index contributed by atoms with van der Waals surface area (Å²) in [5.74, 6) is 0.484. The maximum Gasteiger partial charge on any atom is 0.0276 e. The van der Waals surface area contributed by atoms with Gasteiger partial charge in [-0.25, -0.2) is 0 Å². The van der Waals surface area contributed by atoms with Crippen LogP contribution in [0.3, 0.4) is 0 Å². The molecular formula is C9H20N2. The SMILES string of the molecule is CN=C(C)C(C)C(C)(C)NC. The normalized spacial score (nSPS) is 16.7. The molecule has 1 atom stereocenters. The van der Waals surface area contributed by atoms with Crippen LogP contribution in [0.25, 0.3) is 0 Å². The quantitative estimate of drug-likeness (QED) is 0.618. The molecule has 0 heterocycles. The Kier molecular flexibility index (Phi) is 3.73. The number of hydrogen-bond acceptors (Lipinski definition) is 2. The van der Waals surface area contributed by atoms with Crippen molar-refractivity contribution >= 4 is 5.71 Å². The van der Waals surface area contributed by atoms with E-state index < -0.39 is 0 Å². The van der Waals surface area contributed by atoms with Gasteiger partial charge in [-0.05, 0) is 27.8 Å². The molecule has 0 aliphatic rings. The second kappa shape index (κ2) is 3.86. The lowest BCUT2D eigenvalue weighted by molar-refractivity contribution is 0.354. The van der Waals surface area contributed by atoms with Crippen LogP contribution >= 0.6 is 0 Å². The van der Waals surface area contributed by atoms with Gasteiger partial charge < -0.3 is 5.32 Å². The summed E-state index contributed by atoms with van der Waals surface area (Å²) in [6, 6.07) is 0. The van der Waals surface area contributed by atoms with Crippen molar-refractivity contribution in [3.63, 3.8) is 0 Å². The van der Waals surface area contributed by atoms with E-state index >= 15 is 0 Å². The summed E-state index contributed by atoms with van der Waals surface area (Å²) in [6.45, 7) is 8.64. The van der Waals surface area contributed by atoms with Crippen LogP contribution in [0.2, 0.25) is 0 Å². The van der Waals surface area contributed by atoms with Crippen molar-refractivity contribution in [2.24, 2.45) is 10.9 Å². The Labute approximate surface area is 70.1 Å². The zero-order valence-electron chi connectivity index (χ0n) is 8.52. The van der Waals surface area contributed by atoms with Gasteiger partial charge in [0.15, 0.2) is 0 Å². The van der Waals surface area contributed by atoms with E-state index in [9.17, 15) is 0 Å². The highest BCUT2D eigenvalue weighted by molar-refractivity contribution is 5.85. The summed E-state index contributed by atoms with van der Waals surface area (Å²) in [5, 5.41) is 3.28. The number of rotatable bonds is 3. The molecule has 2 nitrogen and oxygen atoms in total. The molecule has 0 saturated carbocycles. The molecule has 1 unspecified atom stereocenters. The number of aliphatic imine (C=N–C) groups is 1. The highest BCUT2D eigenvalue weighted by Gasteiger charge is 2.25. The number of nitrogens with zero attached hydrogens (tertiary/aromatic N) is 1. The second-order valence-corrected chi connectivity index (χ2v) is 3.56. The van der Waals surface area contributed by atoms with Crippen LogP contribution in [0.1, 0.15) is 27.7 Å². The van der Waals surface area contributed by atoms with Gasteiger partial charge >= 0.3 is 0 Å². The van der Waals surface area contributed by atoms with Gasteiger partial charge in [-0.3, -0.25) is 4.99 Å². The molecule has 2 heteroatoms. The van der Waals surface area contributed by atoms with Crippen LogP contribution in [0.4, 0.5) is 0 Å². The van der Waals surface area contributed by atoms with Gasteiger partial charge in [0.2, 0.25) is 0 Å². The Morgan fingerprint density at radius 1 is 1.45 bits per heavy atom. The van der Waals surface area contributed by atoms with Crippen molar-refractivity contribution in [2.75, 3.05) is 14.1 Å². The lowest BCUT2D eigenvalue weighted by Gasteiger charge is -2.31. The first-order chi connectivity index (χ1) is 4.95. The largest absolute Gasteiger partial charge is 0.314 e. The fourth-order valence-electron chi connectivity index (χ4n) is 0.932. The van der Waals surface area contributed by atoms with Gasteiger partial charge in [0.1, 0.15) is 0 Å². The third-order valence-electron chi connectivity index (χ3n) is 2.71. The predicted molar refractivity (Wildman–Crippen MR) is 51.3 cm³/mol. The molecule has 0 saturated heterocycles. The lowest BCUT2D eigenvalue weighted by Crippen LogP contribution is -2.45. The van der Waals surface area contributed by atoms with E-state index in [1.54, 1.807) is 0 Å². The summed E-state index contributed by atoms with van der Waals surface area (Å²) in [7, 11) is 3.83. The van der Waals surface area contributed by atoms with E-state index in [1.807, 2.05) is 14.1 Å². The van der Waals surface area contributed by atoms with E-state index in [4.69, 9.17) is 0 Å². The predicted octanol–water partition coefficient (Wildman–Crippen LogP) is 1.71. The van der Waals surface area contributed by atoms with Crippen molar-refractivity contribution in [3.05, 3.63) is 0 Å². The molecule has 0 spiro atoms. The zero-order chi connectivity index (χ0) is 9.07. The second-order valence-electron chi connectivity index (χ2n) is 3.56. The highest BCUT2D eigenvalue weighted by atomic mass is 14.9. The number of nitrogens with one attached hydrogen (secondary N) is 1. The monoisotopic (exact) mass is 156 g/mol. The summed E-state index contributed by atoms with van der Waals surface area (Å²) in [6.07, 6.45) is 0. The van der Waals surface area contributed by atoms with E-state index in [0.29, 0.717) is 5.92 Å². The van der Waals surface area contributed by atoms with Gasteiger partial charge in [-0.2, -0.15) is 0 Å². The molecule has 1 N–H and O–H groups in total. The molecule has 0 aliphatic heterocycles. The van der Waals surface area contributed by atoms with Crippen LogP contribution in [0.15, 0.2) is 4.99 Å². The standard InChI is InChI=1S/C9H20N2/c1-7(8(2)10-5)9(3,4)11-6/h7,11H,1-6H3. The van der Waals surface area contributed by atoms with Crippen molar-refractivity contribution in [3.8, 4) is 0 Å². The molecule has 0 amide bonds. The smallest absolute Gasteiger partial charge is 0.0276 e. The van der Waals surface area contributed by atoms with Gasteiger partial charge in [-0.1, -0.05) is 6.92 Å². The Balaban J connectivity index is 4.35. The molecule has 0 aromatic carbocycles. The van der Waals surface area contributed by atoms with Crippen LogP contribution in [0.5, 0.6) is 0 Å². The third-order valence-corrected chi connectivity index (χ3v) is 2.71. The number of hydrogen-bond donors (Lipinski definition) is 1. The minimum atomic E-state index is 0.142. The van der Waals surface area contributed by atoms with Crippen LogP contribution < -0.4 is 5.32 Å². The van der Waals surface area contributed by atoms with E-state index in [1.165, 1.54) is 5.71 Å². The van der Waals surface area contributed by atoms with Crippen molar-refractivity contribution < 1.29 is 0 Å². The highest BCUT2D eigenvalue weighted by Crippen LogP contribution is 2.16. The van der Waals surface area contributed by atoms with E-state index in [0.717, 1.165) is 0 Å². The van der Waals surface area contributed by atoms with Gasteiger partial charge in [0, 0.05) is 24.2 Å². The van der Waals surface area contributed by atoms with Crippen molar-refractivity contribution in [1.29, 1.82) is 0 Å². The Hall–Kier alpha value is -0.370. The lowest BCUT2D eigenvalue weighted by atomic mass is 9.86. The van der Waals surface area contributed by atoms with Gasteiger partial charge in [-0.15, -0.1) is 0 Å². The maximum absolute atomic E-state index is 4.18. The minimum absolute atomic E-state index is 0.142. The fraction of sp³-hybridized carbons (Fsp3) is 0.889. The van der Waals surface area contributed by atoms with Gasteiger partial charge in [0.05, 0.1) is 0 Å². The molecule has 0 aliphatic carbocycles. The van der Waals surface area contributed by atoms with E-state index in [2.05, 4.69) is 38.0 Å². The average Bonchev–Trinajstić information content (AvgIpc) is 2.01. The first kappa shape index (κ1) is 10.6. The Morgan fingerprint density at radius 2 is 1.91 bits per heavy atom. The molecule has 0 rings (SSSR count). The van der Waals surface area contributed by atoms with Crippen LogP contribution in [-0.4, -0.2) is 25.3 Å². The molecule has 0 bridgehead atoms. The molecule has 0 aromatic heterocycles. The summed E-state index contributed by atoms with van der Waals surface area (Å²) < 4.78 is 0. The minimum Gasteiger partial charge on any atom is -0.314 e. The first-order valence-corrected chi connectivity index (χ1v) is 4.08. The Bertz CT molecular complexity index is 148. The van der Waals surface area contributed by atoms with Gasteiger partial charge in [0.25, 0.3) is 0 Å². The third kappa shape index (κ3) is 2.62. The van der Waals surface area contributed by atoms with Crippen LogP contribution in [-0.2, 0) is 0 Å². The molecule has 0 aromatic rings. The van der Waals surface area contributed by atoms with Crippen molar-refractivity contribution in [2.45, 2.75) is 33.2 Å². The first-order valence-electron chi connectivity index (χ1n) is 4.08. The van der Waals surface area contributed by atoms with Crippen LogP contribution in [0, 0.1) is 5.92 Å². The van der Waals surface area contributed by atoms with E-state index in [-0.39, 0.29) is 5.54 Å². The zero-order valence-corrected chi connectivity index (χ0v) is 8.52. The molecule has 11 heavy (non-hydrogen) atoms. The Morgan fingerprint density at radius 3 is 2.18 bits per heavy atom. The summed E-state index contributed by atoms with van der Waals surface area (Å²) in [5.41, 5.74) is 1.34. The van der Waals surface area contributed by atoms with Crippen molar-refractivity contribution in [1.82, 2.24) is 5.32 Å². The molecule has 0 radical (unpaired) electrons. The average molecular weight is 156 g/mol. The maximum atomic E-state index is 4.18. The molecule has 66 valence electrons. The fourth-order valence-corrected chi connectivity index (χ4v) is 0.932. The molecular weight excluding hydrogens is 136 g/mol. The molecule has 0 fully saturated rings. The topological polar surface area (TPSA) is 24.4 Å². The summed E-state index contributed by atoms with van der Waals surface area (Å²) >= 11 is 0. The summed E-state index contributed by atoms with van der Waals surface area (Å²) in [4.78, 5) is 4.18.